The topological polar surface area (TPSA) is 47.4 Å². The summed E-state index contributed by atoms with van der Waals surface area (Å²) in [6.45, 7) is 4.75. The molecule has 0 bridgehead atoms. The van der Waals surface area contributed by atoms with Crippen LogP contribution in [0.2, 0.25) is 0 Å². The second-order valence-electron chi connectivity index (χ2n) is 7.43. The highest BCUT2D eigenvalue weighted by molar-refractivity contribution is 9.10. The van der Waals surface area contributed by atoms with E-state index in [0.717, 1.165) is 33.6 Å². The molecule has 1 aromatic heterocycles. The van der Waals surface area contributed by atoms with Gasteiger partial charge in [-0.25, -0.2) is 0 Å². The molecular formula is C23H26BrN3O2. The van der Waals surface area contributed by atoms with Crippen LogP contribution in [0, 0.1) is 5.92 Å². The lowest BCUT2D eigenvalue weighted by Crippen LogP contribution is -2.31. The van der Waals surface area contributed by atoms with Gasteiger partial charge in [-0.15, -0.1) is 0 Å². The van der Waals surface area contributed by atoms with Crippen LogP contribution in [0.25, 0.3) is 0 Å². The molecule has 0 saturated carbocycles. The zero-order valence-electron chi connectivity index (χ0n) is 17.2. The predicted octanol–water partition coefficient (Wildman–Crippen LogP) is 5.24. The second-order valence-corrected chi connectivity index (χ2v) is 8.29. The quantitative estimate of drug-likeness (QED) is 0.489. The summed E-state index contributed by atoms with van der Waals surface area (Å²) in [6, 6.07) is 17.4. The Balaban J connectivity index is 1.96. The SMILES string of the molecule is COc1ccc(CN(C(=O)c2cc(CC(C)C)n(C)n2)c2ccccc2Br)cc1. The Morgan fingerprint density at radius 1 is 1.17 bits per heavy atom. The van der Waals surface area contributed by atoms with Gasteiger partial charge in [0, 0.05) is 17.2 Å². The fourth-order valence-electron chi connectivity index (χ4n) is 3.21. The lowest BCUT2D eigenvalue weighted by Gasteiger charge is -2.23. The maximum absolute atomic E-state index is 13.5. The van der Waals surface area contributed by atoms with E-state index < -0.39 is 0 Å². The molecule has 2 aromatic carbocycles. The molecule has 0 saturated heterocycles. The summed E-state index contributed by atoms with van der Waals surface area (Å²) in [6.07, 6.45) is 0.879. The van der Waals surface area contributed by atoms with E-state index in [4.69, 9.17) is 4.74 Å². The maximum Gasteiger partial charge on any atom is 0.279 e. The number of nitrogens with zero attached hydrogens (tertiary/aromatic N) is 3. The highest BCUT2D eigenvalue weighted by atomic mass is 79.9. The molecule has 6 heteroatoms. The van der Waals surface area contributed by atoms with Gasteiger partial charge in [0.05, 0.1) is 19.3 Å². The monoisotopic (exact) mass is 455 g/mol. The zero-order valence-corrected chi connectivity index (χ0v) is 18.8. The normalized spacial score (nSPS) is 11.0. The van der Waals surface area contributed by atoms with Crippen LogP contribution in [-0.4, -0.2) is 22.8 Å². The first-order valence-corrected chi connectivity index (χ1v) is 10.4. The molecule has 5 nitrogen and oxygen atoms in total. The van der Waals surface area contributed by atoms with Gasteiger partial charge in [0.25, 0.3) is 5.91 Å². The number of benzene rings is 2. The Bertz CT molecular complexity index is 980. The Morgan fingerprint density at radius 2 is 1.86 bits per heavy atom. The van der Waals surface area contributed by atoms with E-state index in [2.05, 4.69) is 34.9 Å². The number of rotatable bonds is 7. The van der Waals surface area contributed by atoms with Gasteiger partial charge in [0.2, 0.25) is 0 Å². The van der Waals surface area contributed by atoms with E-state index in [1.165, 1.54) is 0 Å². The molecule has 0 radical (unpaired) electrons. The Kier molecular flexibility index (Phi) is 6.75. The van der Waals surface area contributed by atoms with Crippen LogP contribution in [0.5, 0.6) is 5.75 Å². The van der Waals surface area contributed by atoms with Gasteiger partial charge < -0.3 is 9.64 Å². The van der Waals surface area contributed by atoms with Crippen LogP contribution in [0.3, 0.4) is 0 Å². The predicted molar refractivity (Wildman–Crippen MR) is 119 cm³/mol. The molecule has 0 fully saturated rings. The third-order valence-electron chi connectivity index (χ3n) is 4.70. The van der Waals surface area contributed by atoms with Gasteiger partial charge in [-0.2, -0.15) is 5.10 Å². The van der Waals surface area contributed by atoms with Gasteiger partial charge in [-0.3, -0.25) is 9.48 Å². The zero-order chi connectivity index (χ0) is 21.0. The number of aromatic nitrogens is 2. The third-order valence-corrected chi connectivity index (χ3v) is 5.37. The standard InChI is InChI=1S/C23H26BrN3O2/c1-16(2)13-18-14-21(25-26(18)3)23(28)27(22-8-6-5-7-20(22)24)15-17-9-11-19(29-4)12-10-17/h5-12,14,16H,13,15H2,1-4H3. The Hall–Kier alpha value is -2.60. The summed E-state index contributed by atoms with van der Waals surface area (Å²) in [5.74, 6) is 1.15. The van der Waals surface area contributed by atoms with Crippen molar-refractivity contribution in [1.29, 1.82) is 0 Å². The van der Waals surface area contributed by atoms with Crippen LogP contribution >= 0.6 is 15.9 Å². The van der Waals surface area contributed by atoms with Crippen LogP contribution < -0.4 is 9.64 Å². The van der Waals surface area contributed by atoms with Crippen molar-refractivity contribution in [1.82, 2.24) is 9.78 Å². The van der Waals surface area contributed by atoms with Crippen LogP contribution in [0.15, 0.2) is 59.1 Å². The van der Waals surface area contributed by atoms with E-state index in [1.54, 1.807) is 16.7 Å². The van der Waals surface area contributed by atoms with Crippen LogP contribution in [0.4, 0.5) is 5.69 Å². The van der Waals surface area contributed by atoms with Gasteiger partial charge in [0.15, 0.2) is 5.69 Å². The molecule has 0 aliphatic heterocycles. The smallest absolute Gasteiger partial charge is 0.279 e. The highest BCUT2D eigenvalue weighted by Crippen LogP contribution is 2.29. The number of amides is 1. The summed E-state index contributed by atoms with van der Waals surface area (Å²) < 4.78 is 7.91. The average Bonchev–Trinajstić information content (AvgIpc) is 3.06. The number of para-hydroxylation sites is 1. The van der Waals surface area contributed by atoms with Gasteiger partial charge >= 0.3 is 0 Å². The summed E-state index contributed by atoms with van der Waals surface area (Å²) in [4.78, 5) is 15.2. The van der Waals surface area contributed by atoms with Crippen LogP contribution in [-0.2, 0) is 20.0 Å². The number of carbonyl (C=O) groups is 1. The number of methoxy groups -OCH3 is 1. The molecule has 0 unspecified atom stereocenters. The van der Waals surface area contributed by atoms with E-state index in [-0.39, 0.29) is 5.91 Å². The summed E-state index contributed by atoms with van der Waals surface area (Å²) in [5.41, 5.74) is 3.32. The van der Waals surface area contributed by atoms with Crippen molar-refractivity contribution in [3.05, 3.63) is 76.0 Å². The molecule has 3 rings (SSSR count). The van der Waals surface area contributed by atoms with Crippen molar-refractivity contribution in [2.45, 2.75) is 26.8 Å². The molecule has 1 heterocycles. The number of ether oxygens (including phenoxy) is 1. The molecule has 0 N–H and O–H groups in total. The molecule has 29 heavy (non-hydrogen) atoms. The van der Waals surface area contributed by atoms with E-state index >= 15 is 0 Å². The van der Waals surface area contributed by atoms with Crippen molar-refractivity contribution in [3.8, 4) is 5.75 Å². The number of hydrogen-bond donors (Lipinski definition) is 0. The first-order chi connectivity index (χ1) is 13.9. The summed E-state index contributed by atoms with van der Waals surface area (Å²) >= 11 is 3.59. The molecular weight excluding hydrogens is 430 g/mol. The van der Waals surface area contributed by atoms with E-state index in [9.17, 15) is 4.79 Å². The minimum Gasteiger partial charge on any atom is -0.497 e. The first kappa shape index (κ1) is 21.1. The van der Waals surface area contributed by atoms with Crippen molar-refractivity contribution >= 4 is 27.5 Å². The van der Waals surface area contributed by atoms with Crippen molar-refractivity contribution in [2.24, 2.45) is 13.0 Å². The van der Waals surface area contributed by atoms with E-state index in [0.29, 0.717) is 18.2 Å². The Morgan fingerprint density at radius 3 is 2.48 bits per heavy atom. The number of hydrogen-bond acceptors (Lipinski definition) is 3. The third kappa shape index (κ3) is 5.07. The molecule has 1 amide bonds. The summed E-state index contributed by atoms with van der Waals surface area (Å²) in [7, 11) is 3.53. The van der Waals surface area contributed by atoms with Gasteiger partial charge in [-0.1, -0.05) is 38.1 Å². The lowest BCUT2D eigenvalue weighted by molar-refractivity contribution is 0.0979. The van der Waals surface area contributed by atoms with Crippen LogP contribution in [0.1, 0.15) is 35.6 Å². The minimum absolute atomic E-state index is 0.127. The minimum atomic E-state index is -0.127. The molecule has 3 aromatic rings. The first-order valence-electron chi connectivity index (χ1n) is 9.61. The second kappa shape index (κ2) is 9.27. The number of aryl methyl sites for hydroxylation is 1. The van der Waals surface area contributed by atoms with E-state index in [1.807, 2.05) is 61.6 Å². The maximum atomic E-state index is 13.5. The number of halogens is 1. The van der Waals surface area contributed by atoms with Crippen molar-refractivity contribution in [2.75, 3.05) is 12.0 Å². The fourth-order valence-corrected chi connectivity index (χ4v) is 3.71. The number of carbonyl (C=O) groups excluding carboxylic acids is 1. The van der Waals surface area contributed by atoms with Crippen molar-refractivity contribution in [3.63, 3.8) is 0 Å². The molecule has 0 atom stereocenters. The molecule has 0 aliphatic carbocycles. The lowest BCUT2D eigenvalue weighted by atomic mass is 10.1. The van der Waals surface area contributed by atoms with Crippen molar-refractivity contribution < 1.29 is 9.53 Å². The molecule has 0 aliphatic rings. The summed E-state index contributed by atoms with van der Waals surface area (Å²) in [5, 5.41) is 4.50. The number of anilines is 1. The van der Waals surface area contributed by atoms with Gasteiger partial charge in [-0.05, 0) is 64.2 Å². The average molecular weight is 456 g/mol. The Labute approximate surface area is 180 Å². The van der Waals surface area contributed by atoms with Gasteiger partial charge in [0.1, 0.15) is 5.75 Å². The fraction of sp³-hybridized carbons (Fsp3) is 0.304. The highest BCUT2D eigenvalue weighted by Gasteiger charge is 2.23. The molecule has 0 spiro atoms. The molecule has 152 valence electrons. The largest absolute Gasteiger partial charge is 0.497 e.